The lowest BCUT2D eigenvalue weighted by Gasteiger charge is -2.31. The minimum Gasteiger partial charge on any atom is -0.454 e. The highest BCUT2D eigenvalue weighted by atomic mass is 32.2. The van der Waals surface area contributed by atoms with Crippen LogP contribution in [0.15, 0.2) is 77.7 Å². The van der Waals surface area contributed by atoms with E-state index in [4.69, 9.17) is 14.2 Å². The zero-order chi connectivity index (χ0) is 33.7. The monoisotopic (exact) mass is 665 g/mol. The molecule has 5 rings (SSSR count). The second-order valence-electron chi connectivity index (χ2n) is 11.8. The van der Waals surface area contributed by atoms with Crippen molar-refractivity contribution in [3.05, 3.63) is 83.9 Å². The predicted octanol–water partition coefficient (Wildman–Crippen LogP) is 3.77. The average molecular weight is 666 g/mol. The first-order valence-corrected chi connectivity index (χ1v) is 16.9. The number of anilines is 1. The van der Waals surface area contributed by atoms with E-state index in [1.54, 1.807) is 24.3 Å². The molecule has 0 spiro atoms. The molecule has 0 saturated carbocycles. The Morgan fingerprint density at radius 2 is 1.72 bits per heavy atom. The Labute approximate surface area is 274 Å². The molecular formula is C34H39N3O9S. The molecule has 2 N–H and O–H groups in total. The van der Waals surface area contributed by atoms with Gasteiger partial charge in [-0.15, -0.1) is 0 Å². The summed E-state index contributed by atoms with van der Waals surface area (Å²) >= 11 is 0. The Bertz CT molecular complexity index is 1700. The summed E-state index contributed by atoms with van der Waals surface area (Å²) in [6.07, 6.45) is -2.36. The molecule has 13 heteroatoms. The third-order valence-electron chi connectivity index (χ3n) is 8.37. The minimum atomic E-state index is -4.10. The second kappa shape index (κ2) is 14.5. The molecular weight excluding hydrogens is 626 g/mol. The number of fused-ring (bicyclic) bond motifs is 1. The SMILES string of the molecule is CC[C@H](C)CN(C[C@@H](O)[C@H](Cc1ccccc1)NC(=O)[C@@H]1CN(c2ccc(C(C)=O)cc2)C(=O)O1)S(=O)(=O)c1ccc2c(c1)OCO2. The molecule has 0 bridgehead atoms. The lowest BCUT2D eigenvalue weighted by Crippen LogP contribution is -2.53. The molecule has 47 heavy (non-hydrogen) atoms. The number of ether oxygens (including phenoxy) is 3. The van der Waals surface area contributed by atoms with Crippen LogP contribution in [0.4, 0.5) is 10.5 Å². The lowest BCUT2D eigenvalue weighted by molar-refractivity contribution is -0.129. The van der Waals surface area contributed by atoms with E-state index in [1.807, 2.05) is 44.2 Å². The van der Waals surface area contributed by atoms with Crippen molar-refractivity contribution in [2.75, 3.05) is 31.3 Å². The van der Waals surface area contributed by atoms with Crippen LogP contribution in [0.2, 0.25) is 0 Å². The van der Waals surface area contributed by atoms with E-state index in [1.165, 1.54) is 34.3 Å². The summed E-state index contributed by atoms with van der Waals surface area (Å²) in [6, 6.07) is 19.0. The molecule has 0 radical (unpaired) electrons. The number of benzene rings is 3. The molecule has 0 unspecified atom stereocenters. The van der Waals surface area contributed by atoms with E-state index in [0.717, 1.165) is 5.56 Å². The first-order valence-electron chi connectivity index (χ1n) is 15.5. The van der Waals surface area contributed by atoms with Crippen LogP contribution in [0, 0.1) is 5.92 Å². The Hall–Kier alpha value is -4.46. The van der Waals surface area contributed by atoms with Crippen LogP contribution in [-0.2, 0) is 26.0 Å². The third kappa shape index (κ3) is 7.92. The fraction of sp³-hybridized carbons (Fsp3) is 0.382. The standard InChI is InChI=1S/C34H39N3O9S/c1-4-22(2)18-36(47(42,43)27-14-15-30-31(17-27)45-21-44-30)19-29(39)28(16-24-8-6-5-7-9-24)35-33(40)32-20-37(34(41)46-32)26-12-10-25(11-13-26)23(3)38/h5-15,17,22,28-29,32,39H,4,16,18-21H2,1-3H3,(H,35,40)/t22-,28-,29+,32-/m0/s1. The molecule has 1 fully saturated rings. The molecule has 2 aliphatic heterocycles. The number of hydrogen-bond acceptors (Lipinski definition) is 9. The molecule has 3 aromatic carbocycles. The molecule has 250 valence electrons. The number of rotatable bonds is 14. The molecule has 12 nitrogen and oxygen atoms in total. The number of carbonyl (C=O) groups excluding carboxylic acids is 3. The second-order valence-corrected chi connectivity index (χ2v) is 13.7. The van der Waals surface area contributed by atoms with Gasteiger partial charge in [-0.2, -0.15) is 4.31 Å². The quantitative estimate of drug-likeness (QED) is 0.245. The van der Waals surface area contributed by atoms with E-state index in [-0.39, 0.29) is 49.4 Å². The number of nitrogens with zero attached hydrogens (tertiary/aromatic N) is 2. The number of amides is 2. The van der Waals surface area contributed by atoms with Gasteiger partial charge in [0.05, 0.1) is 23.6 Å². The number of hydrogen-bond donors (Lipinski definition) is 2. The number of aliphatic hydroxyl groups is 1. The van der Waals surface area contributed by atoms with Gasteiger partial charge in [0.2, 0.25) is 16.8 Å². The van der Waals surface area contributed by atoms with Crippen LogP contribution in [0.25, 0.3) is 0 Å². The molecule has 3 aromatic rings. The van der Waals surface area contributed by atoms with Crippen LogP contribution in [0.3, 0.4) is 0 Å². The molecule has 2 amide bonds. The summed E-state index contributed by atoms with van der Waals surface area (Å²) < 4.78 is 45.2. The van der Waals surface area contributed by atoms with E-state index in [9.17, 15) is 27.9 Å². The van der Waals surface area contributed by atoms with Crippen LogP contribution < -0.4 is 19.7 Å². The van der Waals surface area contributed by atoms with Crippen molar-refractivity contribution >= 4 is 33.5 Å². The van der Waals surface area contributed by atoms with Crippen molar-refractivity contribution in [3.63, 3.8) is 0 Å². The molecule has 4 atom stereocenters. The average Bonchev–Trinajstić information content (AvgIpc) is 3.70. The van der Waals surface area contributed by atoms with Gasteiger partial charge in [-0.05, 0) is 61.2 Å². The number of carbonyl (C=O) groups is 3. The maximum absolute atomic E-state index is 13.9. The van der Waals surface area contributed by atoms with Crippen molar-refractivity contribution in [1.82, 2.24) is 9.62 Å². The van der Waals surface area contributed by atoms with Gasteiger partial charge in [-0.3, -0.25) is 14.5 Å². The van der Waals surface area contributed by atoms with Crippen LogP contribution in [0.5, 0.6) is 11.5 Å². The highest BCUT2D eigenvalue weighted by Gasteiger charge is 2.39. The Balaban J connectivity index is 1.35. The van der Waals surface area contributed by atoms with Gasteiger partial charge in [0.25, 0.3) is 5.91 Å². The van der Waals surface area contributed by atoms with E-state index < -0.39 is 40.3 Å². The summed E-state index contributed by atoms with van der Waals surface area (Å²) in [7, 11) is -4.10. The summed E-state index contributed by atoms with van der Waals surface area (Å²) in [4.78, 5) is 39.2. The van der Waals surface area contributed by atoms with Crippen molar-refractivity contribution in [1.29, 1.82) is 0 Å². The predicted molar refractivity (Wildman–Crippen MR) is 173 cm³/mol. The van der Waals surface area contributed by atoms with Crippen molar-refractivity contribution in [3.8, 4) is 11.5 Å². The number of ketones is 1. The first-order chi connectivity index (χ1) is 22.5. The number of sulfonamides is 1. The van der Waals surface area contributed by atoms with Crippen LogP contribution in [0.1, 0.15) is 43.1 Å². The fourth-order valence-electron chi connectivity index (χ4n) is 5.38. The molecule has 0 aliphatic carbocycles. The Morgan fingerprint density at radius 1 is 1.02 bits per heavy atom. The van der Waals surface area contributed by atoms with Crippen molar-refractivity contribution in [2.24, 2.45) is 5.92 Å². The smallest absolute Gasteiger partial charge is 0.415 e. The largest absolute Gasteiger partial charge is 0.454 e. The molecule has 0 aromatic heterocycles. The van der Waals surface area contributed by atoms with Crippen LogP contribution in [-0.4, -0.2) is 80.3 Å². The van der Waals surface area contributed by atoms with Crippen molar-refractivity contribution < 1.29 is 42.1 Å². The zero-order valence-corrected chi connectivity index (χ0v) is 27.3. The molecule has 1 saturated heterocycles. The highest BCUT2D eigenvalue weighted by molar-refractivity contribution is 7.89. The normalized spacial score (nSPS) is 17.7. The molecule has 2 aliphatic rings. The third-order valence-corrected chi connectivity index (χ3v) is 10.2. The van der Waals surface area contributed by atoms with Gasteiger partial charge in [-0.25, -0.2) is 13.2 Å². The van der Waals surface area contributed by atoms with E-state index >= 15 is 0 Å². The number of Topliss-reactive ketones (excluding diaryl/α,β-unsaturated/α-hetero) is 1. The van der Waals surface area contributed by atoms with Gasteiger partial charge in [0.15, 0.2) is 23.4 Å². The topological polar surface area (TPSA) is 152 Å². The maximum atomic E-state index is 13.9. The lowest BCUT2D eigenvalue weighted by atomic mass is 10.0. The van der Waals surface area contributed by atoms with Gasteiger partial charge < -0.3 is 24.6 Å². The maximum Gasteiger partial charge on any atom is 0.415 e. The van der Waals surface area contributed by atoms with Gasteiger partial charge >= 0.3 is 6.09 Å². The van der Waals surface area contributed by atoms with Crippen molar-refractivity contribution in [2.45, 2.75) is 56.8 Å². The van der Waals surface area contributed by atoms with Gasteiger partial charge in [-0.1, -0.05) is 50.6 Å². The van der Waals surface area contributed by atoms with Gasteiger partial charge in [0, 0.05) is 30.4 Å². The molecule has 2 heterocycles. The zero-order valence-electron chi connectivity index (χ0n) is 26.5. The Morgan fingerprint density at radius 3 is 2.40 bits per heavy atom. The summed E-state index contributed by atoms with van der Waals surface area (Å²) in [5, 5.41) is 14.5. The van der Waals surface area contributed by atoms with Gasteiger partial charge in [0.1, 0.15) is 0 Å². The number of cyclic esters (lactones) is 1. The number of nitrogens with one attached hydrogen (secondary N) is 1. The summed E-state index contributed by atoms with van der Waals surface area (Å²) in [5.41, 5.74) is 1.75. The van der Waals surface area contributed by atoms with Crippen LogP contribution >= 0.6 is 0 Å². The first kappa shape index (κ1) is 33.9. The van der Waals surface area contributed by atoms with E-state index in [2.05, 4.69) is 5.32 Å². The highest BCUT2D eigenvalue weighted by Crippen LogP contribution is 2.35. The van der Waals surface area contributed by atoms with E-state index in [0.29, 0.717) is 29.2 Å². The fourth-order valence-corrected chi connectivity index (χ4v) is 6.98. The Kier molecular flexibility index (Phi) is 10.5. The minimum absolute atomic E-state index is 0.00445. The number of aliphatic hydroxyl groups excluding tert-OH is 1. The summed E-state index contributed by atoms with van der Waals surface area (Å²) in [6.45, 7) is 5.05. The summed E-state index contributed by atoms with van der Waals surface area (Å²) in [5.74, 6) is -0.0105.